The molecule has 0 aromatic heterocycles. The van der Waals surface area contributed by atoms with Crippen LogP contribution in [-0.2, 0) is 9.53 Å². The second-order valence-electron chi connectivity index (χ2n) is 6.02. The molecule has 3 nitrogen and oxygen atoms in total. The van der Waals surface area contributed by atoms with E-state index < -0.39 is 0 Å². The number of nitrogens with zero attached hydrogens (tertiary/aromatic N) is 1. The highest BCUT2D eigenvalue weighted by Gasteiger charge is 2.52. The Kier molecular flexibility index (Phi) is 2.46. The summed E-state index contributed by atoms with van der Waals surface area (Å²) in [5.41, 5.74) is 0. The van der Waals surface area contributed by atoms with Gasteiger partial charge >= 0.3 is 5.97 Å². The third-order valence-electron chi connectivity index (χ3n) is 5.01. The molecule has 0 N–H and O–H groups in total. The number of piperidine rings is 1. The van der Waals surface area contributed by atoms with Crippen LogP contribution in [0.1, 0.15) is 19.3 Å². The van der Waals surface area contributed by atoms with Crippen LogP contribution >= 0.6 is 0 Å². The fraction of sp³-hybridized carbons (Fsp3) is 0.923. The van der Waals surface area contributed by atoms with Gasteiger partial charge in [-0.25, -0.2) is 0 Å². The lowest BCUT2D eigenvalue weighted by molar-refractivity contribution is -0.161. The minimum absolute atomic E-state index is 0.0500. The van der Waals surface area contributed by atoms with Crippen molar-refractivity contribution in [2.45, 2.75) is 19.3 Å². The number of hydrogen-bond donors (Lipinski definition) is 0. The van der Waals surface area contributed by atoms with Gasteiger partial charge in [-0.2, -0.15) is 0 Å². The quantitative estimate of drug-likeness (QED) is 0.629. The van der Waals surface area contributed by atoms with Gasteiger partial charge in [0, 0.05) is 13.1 Å². The zero-order valence-corrected chi connectivity index (χ0v) is 10.2. The molecule has 3 heteroatoms. The molecular weight excluding hydrogens is 202 g/mol. The average Bonchev–Trinajstić information content (AvgIpc) is 2.26. The lowest BCUT2D eigenvalue weighted by Gasteiger charge is -2.56. The number of carbonyl (C=O) groups is 1. The molecule has 3 saturated carbocycles. The van der Waals surface area contributed by atoms with E-state index in [1.807, 2.05) is 0 Å². The number of likely N-dealkylation sites (tertiary alicyclic amines) is 1. The molecule has 3 atom stereocenters. The van der Waals surface area contributed by atoms with Crippen molar-refractivity contribution in [1.29, 1.82) is 0 Å². The summed E-state index contributed by atoms with van der Waals surface area (Å²) in [6, 6.07) is 0. The smallest absolute Gasteiger partial charge is 0.308 e. The van der Waals surface area contributed by atoms with Gasteiger partial charge < -0.3 is 9.64 Å². The van der Waals surface area contributed by atoms with E-state index in [0.717, 1.165) is 24.2 Å². The van der Waals surface area contributed by atoms with Crippen molar-refractivity contribution in [2.24, 2.45) is 29.6 Å². The summed E-state index contributed by atoms with van der Waals surface area (Å²) >= 11 is 0. The van der Waals surface area contributed by atoms with Crippen LogP contribution in [0, 0.1) is 29.6 Å². The number of esters is 1. The van der Waals surface area contributed by atoms with E-state index in [9.17, 15) is 4.79 Å². The van der Waals surface area contributed by atoms with Crippen molar-refractivity contribution in [3.63, 3.8) is 0 Å². The zero-order chi connectivity index (χ0) is 11.3. The monoisotopic (exact) mass is 223 g/mol. The Morgan fingerprint density at radius 1 is 1.19 bits per heavy atom. The largest absolute Gasteiger partial charge is 0.469 e. The van der Waals surface area contributed by atoms with E-state index in [1.165, 1.54) is 33.0 Å². The van der Waals surface area contributed by atoms with Gasteiger partial charge in [0.1, 0.15) is 0 Å². The predicted octanol–water partition coefficient (Wildman–Crippen LogP) is 1.38. The summed E-state index contributed by atoms with van der Waals surface area (Å²) in [4.78, 5) is 14.3. The molecule has 4 bridgehead atoms. The second kappa shape index (κ2) is 3.73. The van der Waals surface area contributed by atoms with Crippen LogP contribution in [-0.4, -0.2) is 38.1 Å². The van der Waals surface area contributed by atoms with Gasteiger partial charge in [0.15, 0.2) is 0 Å². The molecule has 4 rings (SSSR count). The first-order valence-corrected chi connectivity index (χ1v) is 6.45. The summed E-state index contributed by atoms with van der Waals surface area (Å²) < 4.78 is 4.98. The highest BCUT2D eigenvalue weighted by atomic mass is 16.5. The molecule has 0 aromatic rings. The molecular formula is C13H21NO2. The normalized spacial score (nSPS) is 46.8. The summed E-state index contributed by atoms with van der Waals surface area (Å²) in [6.07, 6.45) is 3.78. The van der Waals surface area contributed by atoms with Crippen LogP contribution in [0.4, 0.5) is 0 Å². The highest BCUT2D eigenvalue weighted by Crippen LogP contribution is 2.53. The molecule has 0 aromatic carbocycles. The van der Waals surface area contributed by atoms with Gasteiger partial charge in [-0.1, -0.05) is 0 Å². The molecule has 16 heavy (non-hydrogen) atoms. The Balaban J connectivity index is 1.84. The maximum absolute atomic E-state index is 11.8. The van der Waals surface area contributed by atoms with Gasteiger partial charge in [-0.05, 0) is 50.0 Å². The molecule has 1 aliphatic heterocycles. The molecule has 3 aliphatic carbocycles. The molecule has 0 radical (unpaired) electrons. The molecule has 1 heterocycles. The number of carbonyl (C=O) groups excluding carboxylic acids is 1. The van der Waals surface area contributed by atoms with Crippen LogP contribution < -0.4 is 0 Å². The summed E-state index contributed by atoms with van der Waals surface area (Å²) in [5, 5.41) is 0. The molecule has 4 fully saturated rings. The third kappa shape index (κ3) is 1.48. The van der Waals surface area contributed by atoms with Crippen molar-refractivity contribution in [3.05, 3.63) is 0 Å². The molecule has 1 saturated heterocycles. The van der Waals surface area contributed by atoms with E-state index in [4.69, 9.17) is 4.74 Å². The van der Waals surface area contributed by atoms with Gasteiger partial charge in [-0.15, -0.1) is 0 Å². The SMILES string of the molecule is COC(=O)C1CC2CC3CN(C)CC(C2)C31. The van der Waals surface area contributed by atoms with Gasteiger partial charge in [0.25, 0.3) is 0 Å². The van der Waals surface area contributed by atoms with Crippen LogP contribution in [0.15, 0.2) is 0 Å². The maximum Gasteiger partial charge on any atom is 0.308 e. The highest BCUT2D eigenvalue weighted by molar-refractivity contribution is 5.73. The van der Waals surface area contributed by atoms with E-state index in [1.54, 1.807) is 0 Å². The number of rotatable bonds is 1. The second-order valence-corrected chi connectivity index (χ2v) is 6.02. The molecule has 0 amide bonds. The average molecular weight is 223 g/mol. The van der Waals surface area contributed by atoms with Gasteiger partial charge in [-0.3, -0.25) is 4.79 Å². The van der Waals surface area contributed by atoms with Crippen molar-refractivity contribution >= 4 is 5.97 Å². The van der Waals surface area contributed by atoms with Crippen molar-refractivity contribution < 1.29 is 9.53 Å². The first-order chi connectivity index (χ1) is 7.69. The van der Waals surface area contributed by atoms with E-state index in [2.05, 4.69) is 11.9 Å². The predicted molar refractivity (Wildman–Crippen MR) is 60.8 cm³/mol. The van der Waals surface area contributed by atoms with E-state index >= 15 is 0 Å². The third-order valence-corrected chi connectivity index (χ3v) is 5.01. The number of fused-ring (bicyclic) bond motifs is 1. The van der Waals surface area contributed by atoms with Crippen LogP contribution in [0.2, 0.25) is 0 Å². The van der Waals surface area contributed by atoms with Crippen LogP contribution in [0.5, 0.6) is 0 Å². The van der Waals surface area contributed by atoms with E-state index in [0.29, 0.717) is 5.92 Å². The minimum atomic E-state index is 0.0500. The molecule has 0 spiro atoms. The Morgan fingerprint density at radius 2 is 1.81 bits per heavy atom. The maximum atomic E-state index is 11.8. The Morgan fingerprint density at radius 3 is 2.38 bits per heavy atom. The number of methoxy groups -OCH3 is 1. The Hall–Kier alpha value is -0.570. The van der Waals surface area contributed by atoms with Gasteiger partial charge in [0.2, 0.25) is 0 Å². The Labute approximate surface area is 97.1 Å². The standard InChI is InChI=1S/C13H21NO2/c1-14-6-9-3-8-4-10(7-14)12(9)11(5-8)13(15)16-2/h8-12H,3-7H2,1-2H3. The topological polar surface area (TPSA) is 29.5 Å². The van der Waals surface area contributed by atoms with E-state index in [-0.39, 0.29) is 11.9 Å². The Bertz CT molecular complexity index is 284. The zero-order valence-electron chi connectivity index (χ0n) is 10.2. The first kappa shape index (κ1) is 10.6. The van der Waals surface area contributed by atoms with Crippen molar-refractivity contribution in [3.8, 4) is 0 Å². The fourth-order valence-corrected chi connectivity index (χ4v) is 4.69. The molecule has 90 valence electrons. The molecule has 3 unspecified atom stereocenters. The fourth-order valence-electron chi connectivity index (χ4n) is 4.69. The van der Waals surface area contributed by atoms with Crippen molar-refractivity contribution in [1.82, 2.24) is 4.90 Å². The first-order valence-electron chi connectivity index (χ1n) is 6.45. The van der Waals surface area contributed by atoms with Crippen molar-refractivity contribution in [2.75, 3.05) is 27.2 Å². The number of hydrogen-bond acceptors (Lipinski definition) is 3. The summed E-state index contributed by atoms with van der Waals surface area (Å²) in [5.74, 6) is 3.17. The lowest BCUT2D eigenvalue weighted by atomic mass is 9.53. The van der Waals surface area contributed by atoms with Gasteiger partial charge in [0.05, 0.1) is 13.0 Å². The molecule has 4 aliphatic rings. The lowest BCUT2D eigenvalue weighted by Crippen LogP contribution is -2.56. The summed E-state index contributed by atoms with van der Waals surface area (Å²) in [7, 11) is 3.75. The summed E-state index contributed by atoms with van der Waals surface area (Å²) in [6.45, 7) is 2.37. The minimum Gasteiger partial charge on any atom is -0.469 e. The van der Waals surface area contributed by atoms with Crippen LogP contribution in [0.25, 0.3) is 0 Å². The van der Waals surface area contributed by atoms with Crippen LogP contribution in [0.3, 0.4) is 0 Å². The number of ether oxygens (including phenoxy) is 1.